The molecule has 0 radical (unpaired) electrons. The van der Waals surface area contributed by atoms with Crippen molar-refractivity contribution in [2.45, 2.75) is 32.9 Å². The molecular formula is C23H24N4O3. The molecule has 4 rings (SSSR count). The summed E-state index contributed by atoms with van der Waals surface area (Å²) in [6, 6.07) is 11.1. The number of carbonyl (C=O) groups excluding carboxylic acids is 2. The van der Waals surface area contributed by atoms with Crippen molar-refractivity contribution < 1.29 is 14.0 Å². The van der Waals surface area contributed by atoms with Gasteiger partial charge in [-0.25, -0.2) is 4.98 Å². The third-order valence-electron chi connectivity index (χ3n) is 5.30. The lowest BCUT2D eigenvalue weighted by Gasteiger charge is -2.28. The number of nitrogens with zero attached hydrogens (tertiary/aromatic N) is 3. The Kier molecular flexibility index (Phi) is 5.61. The van der Waals surface area contributed by atoms with Gasteiger partial charge in [0.1, 0.15) is 12.3 Å². The van der Waals surface area contributed by atoms with Gasteiger partial charge in [-0.1, -0.05) is 38.1 Å². The molecule has 1 atom stereocenters. The first-order valence-electron chi connectivity index (χ1n) is 10.1. The Morgan fingerprint density at radius 3 is 2.67 bits per heavy atom. The molecule has 0 bridgehead atoms. The summed E-state index contributed by atoms with van der Waals surface area (Å²) < 4.78 is 5.62. The molecule has 30 heavy (non-hydrogen) atoms. The molecule has 0 aliphatic carbocycles. The Bertz CT molecular complexity index is 1050. The van der Waals surface area contributed by atoms with E-state index in [4.69, 9.17) is 4.42 Å². The summed E-state index contributed by atoms with van der Waals surface area (Å²) in [5.74, 6) is -0.0850. The van der Waals surface area contributed by atoms with Crippen LogP contribution in [0.2, 0.25) is 0 Å². The maximum absolute atomic E-state index is 13.0. The van der Waals surface area contributed by atoms with E-state index in [0.29, 0.717) is 24.5 Å². The van der Waals surface area contributed by atoms with Crippen molar-refractivity contribution in [2.75, 3.05) is 6.54 Å². The van der Waals surface area contributed by atoms with Crippen LogP contribution in [-0.4, -0.2) is 33.2 Å². The van der Waals surface area contributed by atoms with E-state index in [-0.39, 0.29) is 23.4 Å². The van der Waals surface area contributed by atoms with Gasteiger partial charge >= 0.3 is 0 Å². The number of hydrogen-bond donors (Lipinski definition) is 1. The van der Waals surface area contributed by atoms with E-state index in [1.807, 2.05) is 32.0 Å². The molecule has 0 spiro atoms. The Morgan fingerprint density at radius 2 is 1.93 bits per heavy atom. The van der Waals surface area contributed by atoms with Gasteiger partial charge in [0.05, 0.1) is 5.56 Å². The quantitative estimate of drug-likeness (QED) is 0.704. The molecule has 1 aromatic carbocycles. The molecule has 1 aliphatic rings. The van der Waals surface area contributed by atoms with Gasteiger partial charge in [0.2, 0.25) is 5.89 Å². The van der Waals surface area contributed by atoms with E-state index in [2.05, 4.69) is 21.4 Å². The molecule has 0 unspecified atom stereocenters. The molecule has 3 aromatic rings. The minimum Gasteiger partial charge on any atom is -0.446 e. The highest BCUT2D eigenvalue weighted by Gasteiger charge is 2.28. The van der Waals surface area contributed by atoms with Gasteiger partial charge in [-0.05, 0) is 35.6 Å². The zero-order chi connectivity index (χ0) is 21.1. The first-order valence-corrected chi connectivity index (χ1v) is 10.1. The number of hydrogen-bond acceptors (Lipinski definition) is 5. The van der Waals surface area contributed by atoms with Crippen molar-refractivity contribution in [2.24, 2.45) is 5.92 Å². The van der Waals surface area contributed by atoms with Gasteiger partial charge in [0, 0.05) is 25.5 Å². The van der Waals surface area contributed by atoms with Crippen molar-refractivity contribution >= 4 is 11.8 Å². The van der Waals surface area contributed by atoms with E-state index in [9.17, 15) is 9.59 Å². The molecule has 3 heterocycles. The third-order valence-corrected chi connectivity index (χ3v) is 5.30. The molecule has 7 heteroatoms. The Hall–Kier alpha value is -3.48. The van der Waals surface area contributed by atoms with Crippen LogP contribution in [0, 0.1) is 5.92 Å². The topological polar surface area (TPSA) is 88.3 Å². The van der Waals surface area contributed by atoms with Gasteiger partial charge in [0.15, 0.2) is 5.69 Å². The molecule has 0 fully saturated rings. The van der Waals surface area contributed by atoms with E-state index in [1.165, 1.54) is 18.0 Å². The van der Waals surface area contributed by atoms with Crippen LogP contribution in [0.4, 0.5) is 0 Å². The van der Waals surface area contributed by atoms with Crippen LogP contribution in [0.1, 0.15) is 57.8 Å². The molecule has 2 amide bonds. The van der Waals surface area contributed by atoms with Gasteiger partial charge < -0.3 is 14.6 Å². The SMILES string of the molecule is CC(C)[C@@H](NC(=O)c1cccnc1)c1nc(C(=O)N2CCc3ccccc3C2)co1. The molecule has 7 nitrogen and oxygen atoms in total. The Morgan fingerprint density at radius 1 is 1.13 bits per heavy atom. The fourth-order valence-electron chi connectivity index (χ4n) is 3.59. The first kappa shape index (κ1) is 19.8. The van der Waals surface area contributed by atoms with Gasteiger partial charge in [-0.2, -0.15) is 0 Å². The minimum atomic E-state index is -0.457. The van der Waals surface area contributed by atoms with Crippen LogP contribution in [-0.2, 0) is 13.0 Å². The molecular weight excluding hydrogens is 380 g/mol. The van der Waals surface area contributed by atoms with Gasteiger partial charge in [-0.3, -0.25) is 14.6 Å². The average Bonchev–Trinajstić information content (AvgIpc) is 3.26. The standard InChI is InChI=1S/C23H24N4O3/c1-15(2)20(26-21(28)17-8-5-10-24-12-17)22-25-19(14-30-22)23(29)27-11-9-16-6-3-4-7-18(16)13-27/h3-8,10,12,14-15,20H,9,11,13H2,1-2H3,(H,26,28)/t20-/m1/s1. The fraction of sp³-hybridized carbons (Fsp3) is 0.304. The van der Waals surface area contributed by atoms with Crippen LogP contribution in [0.3, 0.4) is 0 Å². The maximum atomic E-state index is 13.0. The summed E-state index contributed by atoms with van der Waals surface area (Å²) in [6.45, 7) is 5.12. The van der Waals surface area contributed by atoms with E-state index in [0.717, 1.165) is 12.0 Å². The number of fused-ring (bicyclic) bond motifs is 1. The summed E-state index contributed by atoms with van der Waals surface area (Å²) in [7, 11) is 0. The number of benzene rings is 1. The zero-order valence-corrected chi connectivity index (χ0v) is 17.0. The van der Waals surface area contributed by atoms with Crippen molar-refractivity contribution in [3.05, 3.63) is 83.3 Å². The highest BCUT2D eigenvalue weighted by molar-refractivity contribution is 5.94. The monoisotopic (exact) mass is 404 g/mol. The molecule has 0 saturated carbocycles. The van der Waals surface area contributed by atoms with E-state index >= 15 is 0 Å². The number of rotatable bonds is 5. The smallest absolute Gasteiger partial charge is 0.276 e. The van der Waals surface area contributed by atoms with Gasteiger partial charge in [-0.15, -0.1) is 0 Å². The summed E-state index contributed by atoms with van der Waals surface area (Å²) in [6.07, 6.45) is 5.32. The van der Waals surface area contributed by atoms with E-state index in [1.54, 1.807) is 23.2 Å². The number of nitrogens with one attached hydrogen (secondary N) is 1. The number of aromatic nitrogens is 2. The fourth-order valence-corrected chi connectivity index (χ4v) is 3.59. The normalized spacial score (nSPS) is 14.3. The number of carbonyl (C=O) groups is 2. The number of pyridine rings is 1. The summed E-state index contributed by atoms with van der Waals surface area (Å²) >= 11 is 0. The lowest BCUT2D eigenvalue weighted by molar-refractivity contribution is 0.0728. The summed E-state index contributed by atoms with van der Waals surface area (Å²) in [5, 5.41) is 2.93. The Balaban J connectivity index is 1.49. The molecule has 0 saturated heterocycles. The van der Waals surface area contributed by atoms with Crippen LogP contribution >= 0.6 is 0 Å². The predicted molar refractivity (Wildman–Crippen MR) is 111 cm³/mol. The Labute approximate surface area is 175 Å². The van der Waals surface area contributed by atoms with Crippen molar-refractivity contribution in [1.29, 1.82) is 0 Å². The van der Waals surface area contributed by atoms with Crippen molar-refractivity contribution in [3.8, 4) is 0 Å². The van der Waals surface area contributed by atoms with Crippen LogP contribution < -0.4 is 5.32 Å². The molecule has 1 aliphatic heterocycles. The minimum absolute atomic E-state index is 0.0223. The lowest BCUT2D eigenvalue weighted by Crippen LogP contribution is -2.36. The van der Waals surface area contributed by atoms with Crippen molar-refractivity contribution in [3.63, 3.8) is 0 Å². The maximum Gasteiger partial charge on any atom is 0.276 e. The van der Waals surface area contributed by atoms with Crippen LogP contribution in [0.15, 0.2) is 59.5 Å². The van der Waals surface area contributed by atoms with Crippen molar-refractivity contribution in [1.82, 2.24) is 20.2 Å². The first-order chi connectivity index (χ1) is 14.5. The number of amides is 2. The highest BCUT2D eigenvalue weighted by Crippen LogP contribution is 2.24. The second-order valence-corrected chi connectivity index (χ2v) is 7.75. The summed E-state index contributed by atoms with van der Waals surface area (Å²) in [4.78, 5) is 35.7. The summed E-state index contributed by atoms with van der Waals surface area (Å²) in [5.41, 5.74) is 3.15. The van der Waals surface area contributed by atoms with Crippen LogP contribution in [0.5, 0.6) is 0 Å². The highest BCUT2D eigenvalue weighted by atomic mass is 16.3. The van der Waals surface area contributed by atoms with E-state index < -0.39 is 6.04 Å². The average molecular weight is 404 g/mol. The zero-order valence-electron chi connectivity index (χ0n) is 17.0. The number of oxazole rings is 1. The second kappa shape index (κ2) is 8.49. The van der Waals surface area contributed by atoms with Crippen LogP contribution in [0.25, 0.3) is 0 Å². The third kappa shape index (κ3) is 4.10. The molecule has 2 aromatic heterocycles. The molecule has 1 N–H and O–H groups in total. The predicted octanol–water partition coefficient (Wildman–Crippen LogP) is 3.40. The van der Waals surface area contributed by atoms with Gasteiger partial charge in [0.25, 0.3) is 11.8 Å². The lowest BCUT2D eigenvalue weighted by atomic mass is 10.00. The second-order valence-electron chi connectivity index (χ2n) is 7.75. The largest absolute Gasteiger partial charge is 0.446 e. The molecule has 154 valence electrons.